The third kappa shape index (κ3) is 3.52. The van der Waals surface area contributed by atoms with Gasteiger partial charge in [-0.2, -0.15) is 0 Å². The Morgan fingerprint density at radius 2 is 1.84 bits per heavy atom. The van der Waals surface area contributed by atoms with Crippen LogP contribution in [0.2, 0.25) is 0 Å². The van der Waals surface area contributed by atoms with Crippen molar-refractivity contribution in [3.8, 4) is 0 Å². The summed E-state index contributed by atoms with van der Waals surface area (Å²) in [6, 6.07) is 10.6. The first kappa shape index (κ1) is 20.2. The first-order valence-corrected chi connectivity index (χ1v) is 10.6. The van der Waals surface area contributed by atoms with E-state index in [4.69, 9.17) is 19.9 Å². The number of imidazole rings is 1. The largest absolute Gasteiger partial charge is 0.382 e. The molecule has 0 unspecified atom stereocenters. The van der Waals surface area contributed by atoms with Crippen LogP contribution in [-0.2, 0) is 14.2 Å². The van der Waals surface area contributed by atoms with Crippen LogP contribution >= 0.6 is 0 Å². The summed E-state index contributed by atoms with van der Waals surface area (Å²) in [6.07, 6.45) is 1.98. The van der Waals surface area contributed by atoms with Crippen LogP contribution in [0.1, 0.15) is 33.9 Å². The highest BCUT2D eigenvalue weighted by atomic mass is 16.8. The fraction of sp³-hybridized carbons (Fsp3) is 0.500. The Kier molecular flexibility index (Phi) is 4.84. The summed E-state index contributed by atoms with van der Waals surface area (Å²) < 4.78 is 21.0. The summed E-state index contributed by atoms with van der Waals surface area (Å²) in [5.74, 6) is -0.357. The molecule has 164 valence electrons. The Balaban J connectivity index is 1.49. The molecule has 0 bridgehead atoms. The van der Waals surface area contributed by atoms with Crippen molar-refractivity contribution >= 4 is 22.7 Å². The summed E-state index contributed by atoms with van der Waals surface area (Å²) in [7, 11) is 0. The van der Waals surface area contributed by atoms with Crippen molar-refractivity contribution in [2.24, 2.45) is 0 Å². The lowest BCUT2D eigenvalue weighted by Gasteiger charge is -2.33. The second-order valence-electron chi connectivity index (χ2n) is 8.79. The minimum atomic E-state index is -0.699. The zero-order valence-electron chi connectivity index (χ0n) is 18.2. The van der Waals surface area contributed by atoms with Gasteiger partial charge in [-0.1, -0.05) is 18.2 Å². The third-order valence-electron chi connectivity index (χ3n) is 5.87. The minimum Gasteiger partial charge on any atom is -0.382 e. The number of para-hydroxylation sites is 1. The molecule has 2 N–H and O–H groups in total. The standard InChI is InChI=1S/C22H28N6O3/c1-13(2)27(14-8-6-5-7-9-14)10-15-17-18(31-22(3,4)30-17)21(29-15)28-12-26-16-19(23)24-11-25-20(16)28/h5-9,11-13,15,17-18,21H,10H2,1-4H3,(H2,23,24,25)/t15-,17-,18-,21-/m1/s1. The number of benzene rings is 1. The number of aromatic nitrogens is 4. The number of ether oxygens (including phenoxy) is 3. The normalized spacial score (nSPS) is 27.1. The van der Waals surface area contributed by atoms with Crippen LogP contribution in [0, 0.1) is 0 Å². The van der Waals surface area contributed by atoms with E-state index in [0.29, 0.717) is 29.6 Å². The number of hydrogen-bond donors (Lipinski definition) is 1. The Bertz CT molecular complexity index is 1070. The molecule has 4 atom stereocenters. The molecular weight excluding hydrogens is 396 g/mol. The molecule has 2 aliphatic heterocycles. The Morgan fingerprint density at radius 1 is 1.10 bits per heavy atom. The van der Waals surface area contributed by atoms with Crippen molar-refractivity contribution in [1.29, 1.82) is 0 Å². The Hall–Kier alpha value is -2.75. The highest BCUT2D eigenvalue weighted by Crippen LogP contribution is 2.44. The molecule has 5 rings (SSSR count). The predicted octanol–water partition coefficient (Wildman–Crippen LogP) is 2.74. The molecule has 9 heteroatoms. The van der Waals surface area contributed by atoms with Gasteiger partial charge in [0.1, 0.15) is 30.2 Å². The van der Waals surface area contributed by atoms with Crippen molar-refractivity contribution in [2.75, 3.05) is 17.2 Å². The average molecular weight is 425 g/mol. The van der Waals surface area contributed by atoms with Crippen molar-refractivity contribution in [3.63, 3.8) is 0 Å². The summed E-state index contributed by atoms with van der Waals surface area (Å²) in [5.41, 5.74) is 8.30. The van der Waals surface area contributed by atoms with Gasteiger partial charge < -0.3 is 24.8 Å². The van der Waals surface area contributed by atoms with Crippen LogP contribution in [0.5, 0.6) is 0 Å². The fourth-order valence-electron chi connectivity index (χ4n) is 4.51. The summed E-state index contributed by atoms with van der Waals surface area (Å²) in [5, 5.41) is 0. The molecule has 2 saturated heterocycles. The van der Waals surface area contributed by atoms with E-state index in [0.717, 1.165) is 5.69 Å². The van der Waals surface area contributed by atoms with Gasteiger partial charge in [0, 0.05) is 18.3 Å². The van der Waals surface area contributed by atoms with Crippen molar-refractivity contribution in [2.45, 2.75) is 64.1 Å². The lowest BCUT2D eigenvalue weighted by molar-refractivity contribution is -0.195. The zero-order chi connectivity index (χ0) is 21.8. The molecule has 0 spiro atoms. The second-order valence-corrected chi connectivity index (χ2v) is 8.79. The van der Waals surface area contributed by atoms with Crippen molar-refractivity contribution < 1.29 is 14.2 Å². The van der Waals surface area contributed by atoms with E-state index in [1.54, 1.807) is 6.33 Å². The van der Waals surface area contributed by atoms with Crippen molar-refractivity contribution in [1.82, 2.24) is 19.5 Å². The van der Waals surface area contributed by atoms with E-state index in [9.17, 15) is 0 Å². The quantitative estimate of drug-likeness (QED) is 0.667. The second kappa shape index (κ2) is 7.44. The molecule has 0 saturated carbocycles. The number of nitrogens with zero attached hydrogens (tertiary/aromatic N) is 5. The van der Waals surface area contributed by atoms with Crippen LogP contribution in [0.3, 0.4) is 0 Å². The molecule has 0 radical (unpaired) electrons. The van der Waals surface area contributed by atoms with Gasteiger partial charge in [-0.25, -0.2) is 15.0 Å². The van der Waals surface area contributed by atoms with E-state index < -0.39 is 12.0 Å². The zero-order valence-corrected chi connectivity index (χ0v) is 18.2. The van der Waals surface area contributed by atoms with Gasteiger partial charge in [-0.3, -0.25) is 4.57 Å². The number of hydrogen-bond acceptors (Lipinski definition) is 8. The van der Waals surface area contributed by atoms with Crippen LogP contribution < -0.4 is 10.6 Å². The average Bonchev–Trinajstić information content (AvgIpc) is 3.38. The highest BCUT2D eigenvalue weighted by molar-refractivity contribution is 5.81. The van der Waals surface area contributed by atoms with Gasteiger partial charge in [-0.05, 0) is 39.8 Å². The van der Waals surface area contributed by atoms with Crippen LogP contribution in [-0.4, -0.2) is 56.2 Å². The van der Waals surface area contributed by atoms with Crippen molar-refractivity contribution in [3.05, 3.63) is 43.0 Å². The van der Waals surface area contributed by atoms with E-state index in [2.05, 4.69) is 45.8 Å². The number of nitrogen functional groups attached to an aromatic ring is 1. The first-order chi connectivity index (χ1) is 14.8. The number of fused-ring (bicyclic) bond motifs is 2. The van der Waals surface area contributed by atoms with Gasteiger partial charge in [0.05, 0.1) is 6.33 Å². The number of anilines is 2. The molecule has 2 aromatic heterocycles. The molecular formula is C22H28N6O3. The Labute approximate surface area is 181 Å². The lowest BCUT2D eigenvalue weighted by Crippen LogP contribution is -2.43. The van der Waals surface area contributed by atoms with Gasteiger partial charge in [-0.15, -0.1) is 0 Å². The topological polar surface area (TPSA) is 101 Å². The molecule has 9 nitrogen and oxygen atoms in total. The number of rotatable bonds is 5. The van der Waals surface area contributed by atoms with E-state index >= 15 is 0 Å². The maximum absolute atomic E-state index is 6.55. The van der Waals surface area contributed by atoms with E-state index in [-0.39, 0.29) is 18.3 Å². The Morgan fingerprint density at radius 3 is 2.58 bits per heavy atom. The first-order valence-electron chi connectivity index (χ1n) is 10.6. The van der Waals surface area contributed by atoms with E-state index in [1.165, 1.54) is 6.33 Å². The number of nitrogens with two attached hydrogens (primary N) is 1. The molecule has 2 aliphatic rings. The van der Waals surface area contributed by atoms with Crippen LogP contribution in [0.4, 0.5) is 11.5 Å². The maximum Gasteiger partial charge on any atom is 0.167 e. The summed E-state index contributed by atoms with van der Waals surface area (Å²) >= 11 is 0. The minimum absolute atomic E-state index is 0.198. The lowest BCUT2D eigenvalue weighted by atomic mass is 10.1. The van der Waals surface area contributed by atoms with E-state index in [1.807, 2.05) is 36.6 Å². The van der Waals surface area contributed by atoms with Gasteiger partial charge >= 0.3 is 0 Å². The summed E-state index contributed by atoms with van der Waals surface area (Å²) in [4.78, 5) is 15.1. The SMILES string of the molecule is CC(C)N(C[C@H]1O[C@@H](n2cnc3c(N)ncnc32)[C@@H]2OC(C)(C)O[C@@H]21)c1ccccc1. The fourth-order valence-corrected chi connectivity index (χ4v) is 4.51. The summed E-state index contributed by atoms with van der Waals surface area (Å²) in [6.45, 7) is 8.89. The third-order valence-corrected chi connectivity index (χ3v) is 5.87. The highest BCUT2D eigenvalue weighted by Gasteiger charge is 2.56. The van der Waals surface area contributed by atoms with Gasteiger partial charge in [0.15, 0.2) is 23.5 Å². The molecule has 4 heterocycles. The predicted molar refractivity (Wildman–Crippen MR) is 116 cm³/mol. The molecule has 1 aromatic carbocycles. The van der Waals surface area contributed by atoms with Gasteiger partial charge in [0.25, 0.3) is 0 Å². The maximum atomic E-state index is 6.55. The molecule has 2 fully saturated rings. The molecule has 3 aromatic rings. The monoisotopic (exact) mass is 424 g/mol. The van der Waals surface area contributed by atoms with Crippen LogP contribution in [0.25, 0.3) is 11.2 Å². The molecule has 31 heavy (non-hydrogen) atoms. The molecule has 0 aliphatic carbocycles. The van der Waals surface area contributed by atoms with Crippen LogP contribution in [0.15, 0.2) is 43.0 Å². The van der Waals surface area contributed by atoms with Gasteiger partial charge in [0.2, 0.25) is 0 Å². The smallest absolute Gasteiger partial charge is 0.167 e. The molecule has 0 amide bonds.